The molecular weight excluding hydrogens is 500 g/mol. The van der Waals surface area contributed by atoms with Gasteiger partial charge in [-0.05, 0) is 86.7 Å². The Morgan fingerprint density at radius 3 is 1.80 bits per heavy atom. The quantitative estimate of drug-likeness (QED) is 0.200. The minimum absolute atomic E-state index is 0.922. The maximum absolute atomic E-state index is 4.75. The second-order valence-electron chi connectivity index (χ2n) is 11.2. The number of benzene rings is 4. The lowest BCUT2D eigenvalue weighted by Gasteiger charge is -2.17. The minimum Gasteiger partial charge on any atom is -0.355 e. The van der Waals surface area contributed by atoms with Crippen LogP contribution in [0.1, 0.15) is 33.6 Å². The number of fused-ring (bicyclic) bond motifs is 2. The molecule has 2 heterocycles. The van der Waals surface area contributed by atoms with Crippen LogP contribution in [0.15, 0.2) is 97.1 Å². The lowest BCUT2D eigenvalue weighted by Crippen LogP contribution is -2.33. The van der Waals surface area contributed by atoms with Gasteiger partial charge in [-0.3, -0.25) is 4.98 Å². The van der Waals surface area contributed by atoms with Crippen molar-refractivity contribution >= 4 is 44.6 Å². The average molecular weight is 538 g/mol. The normalized spacial score (nSPS) is 11.2. The van der Waals surface area contributed by atoms with Crippen LogP contribution in [0.25, 0.3) is 21.8 Å². The summed E-state index contributed by atoms with van der Waals surface area (Å²) in [6.07, 6.45) is 1.85. The summed E-state index contributed by atoms with van der Waals surface area (Å²) in [4.78, 5) is 4.75. The number of rotatable bonds is 7. The van der Waals surface area contributed by atoms with E-state index in [2.05, 4.69) is 147 Å². The Morgan fingerprint density at radius 1 is 0.585 bits per heavy atom. The third-order valence-corrected chi connectivity index (χ3v) is 8.02. The average Bonchev–Trinajstić information content (AvgIpc) is 2.96. The summed E-state index contributed by atoms with van der Waals surface area (Å²) in [5.74, 6) is 0. The summed E-state index contributed by atoms with van der Waals surface area (Å²) in [6.45, 7) is 8.50. The molecule has 2 N–H and O–H groups in total. The summed E-state index contributed by atoms with van der Waals surface area (Å²) >= 11 is 0. The SMILES string of the molecule is Cc1ccc2nc(C)cc(Nc3ccccc3CCc3ccccc3Nc3cc(C)[n+](C)c4ccc(C)cc34)c2c1. The predicted molar refractivity (Wildman–Crippen MR) is 173 cm³/mol. The first-order valence-corrected chi connectivity index (χ1v) is 14.3. The highest BCUT2D eigenvalue weighted by Gasteiger charge is 2.15. The largest absolute Gasteiger partial charge is 0.355 e. The number of pyridine rings is 2. The molecule has 6 aromatic rings. The van der Waals surface area contributed by atoms with E-state index in [1.807, 2.05) is 0 Å². The Morgan fingerprint density at radius 2 is 1.15 bits per heavy atom. The van der Waals surface area contributed by atoms with Crippen LogP contribution >= 0.6 is 0 Å². The first-order valence-electron chi connectivity index (χ1n) is 14.3. The molecule has 0 aliphatic rings. The molecule has 0 bridgehead atoms. The molecule has 0 saturated carbocycles. The number of hydrogen-bond donors (Lipinski definition) is 2. The molecule has 4 heteroatoms. The fourth-order valence-electron chi connectivity index (χ4n) is 5.69. The topological polar surface area (TPSA) is 40.8 Å². The van der Waals surface area contributed by atoms with Gasteiger partial charge in [0.1, 0.15) is 7.05 Å². The van der Waals surface area contributed by atoms with E-state index in [1.165, 1.54) is 38.9 Å². The van der Waals surface area contributed by atoms with Gasteiger partial charge in [-0.1, -0.05) is 54.1 Å². The van der Waals surface area contributed by atoms with Crippen LogP contribution in [0, 0.1) is 27.7 Å². The van der Waals surface area contributed by atoms with E-state index in [-0.39, 0.29) is 0 Å². The van der Waals surface area contributed by atoms with E-state index in [0.29, 0.717) is 0 Å². The van der Waals surface area contributed by atoms with Gasteiger partial charge in [-0.25, -0.2) is 0 Å². The van der Waals surface area contributed by atoms with Gasteiger partial charge in [-0.15, -0.1) is 0 Å². The highest BCUT2D eigenvalue weighted by molar-refractivity contribution is 5.94. The van der Waals surface area contributed by atoms with Gasteiger partial charge in [0.15, 0.2) is 5.69 Å². The monoisotopic (exact) mass is 537 g/mol. The molecule has 0 radical (unpaired) electrons. The molecule has 204 valence electrons. The zero-order chi connectivity index (χ0) is 28.5. The van der Waals surface area contributed by atoms with Gasteiger partial charge in [0.25, 0.3) is 0 Å². The molecule has 4 nitrogen and oxygen atoms in total. The number of anilines is 4. The van der Waals surface area contributed by atoms with Crippen molar-refractivity contribution in [3.05, 3.63) is 131 Å². The molecule has 0 saturated heterocycles. The fourth-order valence-corrected chi connectivity index (χ4v) is 5.69. The van der Waals surface area contributed by atoms with Gasteiger partial charge in [0.2, 0.25) is 5.52 Å². The minimum atomic E-state index is 0.922. The third kappa shape index (κ3) is 5.51. The number of hydrogen-bond acceptors (Lipinski definition) is 3. The fraction of sp³-hybridized carbons (Fsp3) is 0.189. The molecule has 41 heavy (non-hydrogen) atoms. The van der Waals surface area contributed by atoms with Crippen LogP contribution in [-0.2, 0) is 19.9 Å². The van der Waals surface area contributed by atoms with Crippen LogP contribution in [0.2, 0.25) is 0 Å². The summed E-state index contributed by atoms with van der Waals surface area (Å²) < 4.78 is 2.25. The van der Waals surface area contributed by atoms with E-state index < -0.39 is 0 Å². The van der Waals surface area contributed by atoms with E-state index in [4.69, 9.17) is 4.98 Å². The van der Waals surface area contributed by atoms with Crippen LogP contribution in [0.4, 0.5) is 22.7 Å². The Kier molecular flexibility index (Phi) is 7.15. The van der Waals surface area contributed by atoms with Gasteiger partial charge in [0.05, 0.1) is 16.6 Å². The summed E-state index contributed by atoms with van der Waals surface area (Å²) in [6, 6.07) is 34.8. The molecule has 0 fully saturated rings. The zero-order valence-corrected chi connectivity index (χ0v) is 24.5. The van der Waals surface area contributed by atoms with Crippen molar-refractivity contribution in [2.75, 3.05) is 10.6 Å². The van der Waals surface area contributed by atoms with Gasteiger partial charge >= 0.3 is 0 Å². The molecule has 0 spiro atoms. The maximum Gasteiger partial charge on any atom is 0.214 e. The molecule has 0 aliphatic carbocycles. The van der Waals surface area contributed by atoms with Crippen molar-refractivity contribution in [2.24, 2.45) is 7.05 Å². The molecule has 0 atom stereocenters. The molecule has 0 unspecified atom stereocenters. The first-order chi connectivity index (χ1) is 19.9. The van der Waals surface area contributed by atoms with E-state index >= 15 is 0 Å². The van der Waals surface area contributed by atoms with Crippen LogP contribution in [-0.4, -0.2) is 4.98 Å². The van der Waals surface area contributed by atoms with Crippen molar-refractivity contribution in [2.45, 2.75) is 40.5 Å². The van der Waals surface area contributed by atoms with Crippen LogP contribution in [0.3, 0.4) is 0 Å². The number of aromatic nitrogens is 2. The molecule has 0 aliphatic heterocycles. The lowest BCUT2D eigenvalue weighted by atomic mass is 10.0. The van der Waals surface area contributed by atoms with Crippen molar-refractivity contribution in [3.63, 3.8) is 0 Å². The molecular formula is C37H37N4+. The molecule has 0 amide bonds. The standard InChI is InChI=1S/C37H36N4/c1-24-14-18-34-30(20-24)35(22-26(3)38-34)39-32-12-8-6-10-28(32)16-17-29-11-7-9-13-33(29)40-36-23-27(4)41(5)37-19-15-25(2)21-31(36)37/h6-15,18-23H,16-17H2,1-5H3,(H,38,39)/p+1. The zero-order valence-electron chi connectivity index (χ0n) is 24.5. The van der Waals surface area contributed by atoms with Crippen molar-refractivity contribution < 1.29 is 4.57 Å². The van der Waals surface area contributed by atoms with Gasteiger partial charge < -0.3 is 10.6 Å². The van der Waals surface area contributed by atoms with E-state index in [9.17, 15) is 0 Å². The van der Waals surface area contributed by atoms with Gasteiger partial charge in [0, 0.05) is 47.2 Å². The second kappa shape index (κ2) is 11.1. The number of nitrogens with one attached hydrogen (secondary N) is 2. The number of nitrogens with zero attached hydrogens (tertiary/aromatic N) is 2. The lowest BCUT2D eigenvalue weighted by molar-refractivity contribution is -0.651. The highest BCUT2D eigenvalue weighted by atomic mass is 15.0. The third-order valence-electron chi connectivity index (χ3n) is 8.02. The van der Waals surface area contributed by atoms with Gasteiger partial charge in [-0.2, -0.15) is 4.57 Å². The highest BCUT2D eigenvalue weighted by Crippen LogP contribution is 2.31. The van der Waals surface area contributed by atoms with Crippen molar-refractivity contribution in [1.82, 2.24) is 4.98 Å². The molecule has 2 aromatic heterocycles. The summed E-state index contributed by atoms with van der Waals surface area (Å²) in [5.41, 5.74) is 14.1. The van der Waals surface area contributed by atoms with Crippen LogP contribution < -0.4 is 15.2 Å². The molecule has 6 rings (SSSR count). The smallest absolute Gasteiger partial charge is 0.214 e. The maximum atomic E-state index is 4.75. The second-order valence-corrected chi connectivity index (χ2v) is 11.2. The Hall–Kier alpha value is -4.70. The van der Waals surface area contributed by atoms with E-state index in [1.54, 1.807) is 0 Å². The van der Waals surface area contributed by atoms with Crippen molar-refractivity contribution in [3.8, 4) is 0 Å². The predicted octanol–water partition coefficient (Wildman–Crippen LogP) is 8.72. The number of para-hydroxylation sites is 2. The van der Waals surface area contributed by atoms with Crippen LogP contribution in [0.5, 0.6) is 0 Å². The van der Waals surface area contributed by atoms with E-state index in [0.717, 1.165) is 52.2 Å². The van der Waals surface area contributed by atoms with Crippen molar-refractivity contribution in [1.29, 1.82) is 0 Å². The Balaban J connectivity index is 1.29. The Labute approximate surface area is 242 Å². The number of aryl methyl sites for hydroxylation is 7. The summed E-state index contributed by atoms with van der Waals surface area (Å²) in [5, 5.41) is 9.93. The molecule has 4 aromatic carbocycles. The Bertz CT molecular complexity index is 1900. The first kappa shape index (κ1) is 26.5. The summed E-state index contributed by atoms with van der Waals surface area (Å²) in [7, 11) is 2.13.